The van der Waals surface area contributed by atoms with Crippen LogP contribution in [0.4, 0.5) is 5.69 Å². The van der Waals surface area contributed by atoms with Crippen LogP contribution in [0.1, 0.15) is 12.0 Å². The molecule has 0 radical (unpaired) electrons. The highest BCUT2D eigenvalue weighted by atomic mass is 32.2. The van der Waals surface area contributed by atoms with Gasteiger partial charge in [-0.15, -0.1) is 0 Å². The smallest absolute Gasteiger partial charge is 0.240 e. The molecule has 3 N–H and O–H groups in total. The Bertz CT molecular complexity index is 516. The molecule has 6 heteroatoms. The predicted molar refractivity (Wildman–Crippen MR) is 71.7 cm³/mol. The average Bonchev–Trinajstić information content (AvgIpc) is 2.61. The Hall–Kier alpha value is -1.82. The number of rotatable bonds is 3. The highest BCUT2D eigenvalue weighted by molar-refractivity contribution is 8.15. The minimum absolute atomic E-state index is 0.0766. The molecule has 94 valence electrons. The number of carbonyl (C=O) groups is 2. The first-order valence-electron chi connectivity index (χ1n) is 5.48. The van der Waals surface area contributed by atoms with Crippen LogP contribution in [0.25, 0.3) is 0 Å². The van der Waals surface area contributed by atoms with Crippen molar-refractivity contribution in [2.75, 3.05) is 5.32 Å². The van der Waals surface area contributed by atoms with E-state index in [0.29, 0.717) is 0 Å². The van der Waals surface area contributed by atoms with Crippen LogP contribution in [0.2, 0.25) is 0 Å². The van der Waals surface area contributed by atoms with Crippen molar-refractivity contribution in [3.05, 3.63) is 29.8 Å². The molecule has 1 aliphatic rings. The van der Waals surface area contributed by atoms with E-state index in [0.717, 1.165) is 23.0 Å². The summed E-state index contributed by atoms with van der Waals surface area (Å²) >= 11 is 1.08. The number of carbonyl (C=O) groups excluding carboxylic acids is 2. The number of hydrogen-bond acceptors (Lipinski definition) is 4. The van der Waals surface area contributed by atoms with Crippen molar-refractivity contribution in [3.8, 4) is 0 Å². The second-order valence-electron chi connectivity index (χ2n) is 3.99. The highest BCUT2D eigenvalue weighted by Gasteiger charge is 2.31. The van der Waals surface area contributed by atoms with E-state index in [9.17, 15) is 9.59 Å². The van der Waals surface area contributed by atoms with Gasteiger partial charge in [-0.3, -0.25) is 15.0 Å². The number of nitrogens with one attached hydrogen (secondary N) is 3. The van der Waals surface area contributed by atoms with Crippen molar-refractivity contribution >= 4 is 34.4 Å². The Balaban J connectivity index is 1.95. The quantitative estimate of drug-likeness (QED) is 0.772. The molecule has 0 aromatic heterocycles. The molecule has 0 aliphatic carbocycles. The first kappa shape index (κ1) is 12.6. The van der Waals surface area contributed by atoms with Gasteiger partial charge >= 0.3 is 0 Å². The summed E-state index contributed by atoms with van der Waals surface area (Å²) in [6.07, 6.45) is 0.0766. The number of amides is 2. The molecule has 2 amide bonds. The van der Waals surface area contributed by atoms with Gasteiger partial charge in [0.05, 0.1) is 0 Å². The molecule has 0 saturated carbocycles. The van der Waals surface area contributed by atoms with Crippen LogP contribution in [0, 0.1) is 12.3 Å². The molecule has 1 heterocycles. The summed E-state index contributed by atoms with van der Waals surface area (Å²) in [7, 11) is 0. The van der Waals surface area contributed by atoms with Gasteiger partial charge in [-0.1, -0.05) is 30.0 Å². The number of aryl methyl sites for hydroxylation is 1. The minimum Gasteiger partial charge on any atom is -0.326 e. The Morgan fingerprint density at radius 1 is 1.50 bits per heavy atom. The van der Waals surface area contributed by atoms with E-state index >= 15 is 0 Å². The van der Waals surface area contributed by atoms with Gasteiger partial charge in [0.25, 0.3) is 0 Å². The zero-order valence-electron chi connectivity index (χ0n) is 9.82. The number of hydrogen-bond donors (Lipinski definition) is 3. The fraction of sp³-hybridized carbons (Fsp3) is 0.250. The zero-order valence-corrected chi connectivity index (χ0v) is 10.6. The summed E-state index contributed by atoms with van der Waals surface area (Å²) in [4.78, 5) is 23.2. The van der Waals surface area contributed by atoms with Crippen molar-refractivity contribution in [3.63, 3.8) is 0 Å². The number of thioether (sulfide) groups is 1. The van der Waals surface area contributed by atoms with Crippen LogP contribution in [0.3, 0.4) is 0 Å². The second-order valence-corrected chi connectivity index (χ2v) is 5.21. The van der Waals surface area contributed by atoms with E-state index in [1.165, 1.54) is 0 Å². The minimum atomic E-state index is -0.499. The Labute approximate surface area is 109 Å². The first-order chi connectivity index (χ1) is 8.56. The Morgan fingerprint density at radius 3 is 2.83 bits per heavy atom. The molecular weight excluding hydrogens is 250 g/mol. The van der Waals surface area contributed by atoms with Gasteiger partial charge in [0.2, 0.25) is 11.8 Å². The fourth-order valence-electron chi connectivity index (χ4n) is 1.63. The normalized spacial score (nSPS) is 18.6. The molecule has 1 aliphatic heterocycles. The van der Waals surface area contributed by atoms with Gasteiger partial charge in [0, 0.05) is 12.1 Å². The molecular formula is C12H13N3O2S. The molecule has 1 atom stereocenters. The fourth-order valence-corrected chi connectivity index (χ4v) is 2.48. The molecule has 2 rings (SSSR count). The average molecular weight is 263 g/mol. The molecule has 5 nitrogen and oxygen atoms in total. The van der Waals surface area contributed by atoms with E-state index in [2.05, 4.69) is 10.6 Å². The third kappa shape index (κ3) is 2.89. The molecule has 1 aromatic carbocycles. The van der Waals surface area contributed by atoms with E-state index < -0.39 is 5.25 Å². The lowest BCUT2D eigenvalue weighted by Gasteiger charge is -2.09. The van der Waals surface area contributed by atoms with Crippen LogP contribution in [-0.4, -0.2) is 22.2 Å². The van der Waals surface area contributed by atoms with Crippen LogP contribution >= 0.6 is 11.8 Å². The topological polar surface area (TPSA) is 82.1 Å². The number of anilines is 1. The lowest BCUT2D eigenvalue weighted by molar-refractivity contribution is -0.122. The molecule has 18 heavy (non-hydrogen) atoms. The third-order valence-electron chi connectivity index (χ3n) is 2.58. The van der Waals surface area contributed by atoms with Crippen molar-refractivity contribution in [1.29, 1.82) is 5.41 Å². The monoisotopic (exact) mass is 263 g/mol. The maximum Gasteiger partial charge on any atom is 0.240 e. The molecule has 1 unspecified atom stereocenters. The van der Waals surface area contributed by atoms with Crippen molar-refractivity contribution in [2.24, 2.45) is 0 Å². The summed E-state index contributed by atoms with van der Waals surface area (Å²) < 4.78 is 0. The van der Waals surface area contributed by atoms with E-state index in [1.54, 1.807) is 0 Å². The van der Waals surface area contributed by atoms with Crippen LogP contribution in [0.5, 0.6) is 0 Å². The predicted octanol–water partition coefficient (Wildman–Crippen LogP) is 1.49. The number of benzene rings is 1. The van der Waals surface area contributed by atoms with E-state index in [4.69, 9.17) is 5.41 Å². The van der Waals surface area contributed by atoms with Gasteiger partial charge in [-0.2, -0.15) is 0 Å². The number of amidine groups is 1. The summed E-state index contributed by atoms with van der Waals surface area (Å²) in [5, 5.41) is 12.1. The van der Waals surface area contributed by atoms with Crippen LogP contribution < -0.4 is 10.6 Å². The lowest BCUT2D eigenvalue weighted by atomic mass is 10.2. The van der Waals surface area contributed by atoms with Gasteiger partial charge in [0.1, 0.15) is 5.25 Å². The maximum absolute atomic E-state index is 11.8. The van der Waals surface area contributed by atoms with Gasteiger partial charge in [-0.05, 0) is 18.6 Å². The van der Waals surface area contributed by atoms with Crippen LogP contribution in [0.15, 0.2) is 24.3 Å². The highest BCUT2D eigenvalue weighted by Crippen LogP contribution is 2.22. The maximum atomic E-state index is 11.8. The second kappa shape index (κ2) is 5.22. The standard InChI is InChI=1S/C12H13N3O2S/c1-7-4-2-3-5-8(7)14-10(16)6-9-11(17)15-12(13)18-9/h2-5,9H,6H2,1H3,(H,14,16)(H2,13,15,17). The first-order valence-corrected chi connectivity index (χ1v) is 6.36. The lowest BCUT2D eigenvalue weighted by Crippen LogP contribution is -2.27. The van der Waals surface area contributed by atoms with Crippen molar-refractivity contribution in [1.82, 2.24) is 5.32 Å². The third-order valence-corrected chi connectivity index (χ3v) is 3.58. The summed E-state index contributed by atoms with van der Waals surface area (Å²) in [6, 6.07) is 7.46. The van der Waals surface area contributed by atoms with Gasteiger partial charge in [0.15, 0.2) is 5.17 Å². The molecule has 1 saturated heterocycles. The molecule has 1 fully saturated rings. The van der Waals surface area contributed by atoms with Gasteiger partial charge in [-0.25, -0.2) is 0 Å². The van der Waals surface area contributed by atoms with Gasteiger partial charge < -0.3 is 10.6 Å². The van der Waals surface area contributed by atoms with Crippen molar-refractivity contribution < 1.29 is 9.59 Å². The Morgan fingerprint density at radius 2 is 2.22 bits per heavy atom. The zero-order chi connectivity index (χ0) is 13.1. The molecule has 0 bridgehead atoms. The summed E-state index contributed by atoms with van der Waals surface area (Å²) in [5.41, 5.74) is 1.73. The molecule has 0 spiro atoms. The summed E-state index contributed by atoms with van der Waals surface area (Å²) in [5.74, 6) is -0.489. The van der Waals surface area contributed by atoms with Crippen molar-refractivity contribution in [2.45, 2.75) is 18.6 Å². The molecule has 1 aromatic rings. The largest absolute Gasteiger partial charge is 0.326 e. The number of para-hydroxylation sites is 1. The van der Waals surface area contributed by atoms with E-state index in [1.807, 2.05) is 31.2 Å². The van der Waals surface area contributed by atoms with E-state index in [-0.39, 0.29) is 23.4 Å². The Kier molecular flexibility index (Phi) is 3.66. The van der Waals surface area contributed by atoms with Crippen LogP contribution in [-0.2, 0) is 9.59 Å². The summed E-state index contributed by atoms with van der Waals surface area (Å²) in [6.45, 7) is 1.91. The SMILES string of the molecule is Cc1ccccc1NC(=O)CC1SC(=N)NC1=O.